The SMILES string of the molecule is CCCc1c(CNCC)cnn1C1CCS(=O)(=O)C1. The molecule has 5 nitrogen and oxygen atoms in total. The van der Waals surface area contributed by atoms with Crippen molar-refractivity contribution in [3.63, 3.8) is 0 Å². The Hall–Kier alpha value is -0.880. The van der Waals surface area contributed by atoms with Crippen LogP contribution in [0.3, 0.4) is 0 Å². The van der Waals surface area contributed by atoms with Gasteiger partial charge in [-0.1, -0.05) is 20.3 Å². The second kappa shape index (κ2) is 6.05. The van der Waals surface area contributed by atoms with Gasteiger partial charge in [0.1, 0.15) is 0 Å². The highest BCUT2D eigenvalue weighted by molar-refractivity contribution is 7.91. The molecule has 0 radical (unpaired) electrons. The average molecular weight is 285 g/mol. The van der Waals surface area contributed by atoms with E-state index in [1.807, 2.05) is 10.9 Å². The van der Waals surface area contributed by atoms with E-state index in [0.29, 0.717) is 12.2 Å². The zero-order valence-corrected chi connectivity index (χ0v) is 12.5. The largest absolute Gasteiger partial charge is 0.313 e. The number of nitrogens with zero attached hydrogens (tertiary/aromatic N) is 2. The Kier molecular flexibility index (Phi) is 4.62. The molecule has 6 heteroatoms. The summed E-state index contributed by atoms with van der Waals surface area (Å²) in [6.07, 6.45) is 4.58. The molecule has 1 aromatic heterocycles. The first-order valence-electron chi connectivity index (χ1n) is 7.03. The smallest absolute Gasteiger partial charge is 0.152 e. The molecule has 0 aromatic carbocycles. The standard InChI is InChI=1S/C13H23N3O2S/c1-3-5-13-11(8-14-4-2)9-15-16(13)12-6-7-19(17,18)10-12/h9,12,14H,3-8,10H2,1-2H3. The van der Waals surface area contributed by atoms with Gasteiger partial charge in [-0.3, -0.25) is 4.68 Å². The van der Waals surface area contributed by atoms with Gasteiger partial charge >= 0.3 is 0 Å². The van der Waals surface area contributed by atoms with Crippen LogP contribution in [-0.2, 0) is 22.8 Å². The molecule has 1 saturated heterocycles. The average Bonchev–Trinajstić information content (AvgIpc) is 2.91. The lowest BCUT2D eigenvalue weighted by Crippen LogP contribution is -2.17. The van der Waals surface area contributed by atoms with Gasteiger partial charge in [-0.15, -0.1) is 0 Å². The van der Waals surface area contributed by atoms with Gasteiger partial charge in [-0.25, -0.2) is 8.42 Å². The van der Waals surface area contributed by atoms with Crippen LogP contribution >= 0.6 is 0 Å². The molecule has 0 bridgehead atoms. The van der Waals surface area contributed by atoms with Gasteiger partial charge in [-0.2, -0.15) is 5.10 Å². The molecule has 0 spiro atoms. The summed E-state index contributed by atoms with van der Waals surface area (Å²) in [6, 6.07) is 0.0296. The van der Waals surface area contributed by atoms with Crippen LogP contribution in [-0.4, -0.2) is 36.2 Å². The number of aromatic nitrogens is 2. The lowest BCUT2D eigenvalue weighted by Gasteiger charge is -2.14. The summed E-state index contributed by atoms with van der Waals surface area (Å²) in [5.41, 5.74) is 2.40. The maximum atomic E-state index is 11.6. The van der Waals surface area contributed by atoms with Crippen molar-refractivity contribution in [3.8, 4) is 0 Å². The molecule has 19 heavy (non-hydrogen) atoms. The highest BCUT2D eigenvalue weighted by atomic mass is 32.2. The fraction of sp³-hybridized carbons (Fsp3) is 0.769. The predicted octanol–water partition coefficient (Wildman–Crippen LogP) is 1.30. The first-order valence-corrected chi connectivity index (χ1v) is 8.86. The summed E-state index contributed by atoms with van der Waals surface area (Å²) in [5.74, 6) is 0.539. The zero-order chi connectivity index (χ0) is 13.9. The molecule has 1 atom stereocenters. The van der Waals surface area contributed by atoms with Crippen molar-refractivity contribution in [2.45, 2.75) is 45.7 Å². The fourth-order valence-corrected chi connectivity index (χ4v) is 4.32. The Morgan fingerprint density at radius 1 is 1.47 bits per heavy atom. The lowest BCUT2D eigenvalue weighted by molar-refractivity contribution is 0.477. The van der Waals surface area contributed by atoms with Gasteiger partial charge in [-0.05, 0) is 19.4 Å². The normalized spacial score (nSPS) is 21.9. The van der Waals surface area contributed by atoms with Crippen LogP contribution in [0.4, 0.5) is 0 Å². The van der Waals surface area contributed by atoms with Gasteiger partial charge in [0.05, 0.1) is 23.7 Å². The molecule has 1 N–H and O–H groups in total. The number of nitrogens with one attached hydrogen (secondary N) is 1. The summed E-state index contributed by atoms with van der Waals surface area (Å²) >= 11 is 0. The van der Waals surface area contributed by atoms with E-state index in [0.717, 1.165) is 25.9 Å². The molecule has 2 rings (SSSR count). The minimum Gasteiger partial charge on any atom is -0.313 e. The summed E-state index contributed by atoms with van der Waals surface area (Å²) in [4.78, 5) is 0. The van der Waals surface area contributed by atoms with Gasteiger partial charge in [0.2, 0.25) is 0 Å². The molecule has 108 valence electrons. The monoisotopic (exact) mass is 285 g/mol. The van der Waals surface area contributed by atoms with Crippen molar-refractivity contribution in [1.82, 2.24) is 15.1 Å². The highest BCUT2D eigenvalue weighted by Crippen LogP contribution is 2.26. The second-order valence-electron chi connectivity index (χ2n) is 5.15. The van der Waals surface area contributed by atoms with Crippen molar-refractivity contribution in [3.05, 3.63) is 17.5 Å². The van der Waals surface area contributed by atoms with E-state index < -0.39 is 9.84 Å². The molecule has 1 aliphatic heterocycles. The van der Waals surface area contributed by atoms with Gasteiger partial charge in [0.15, 0.2) is 9.84 Å². The third kappa shape index (κ3) is 3.36. The van der Waals surface area contributed by atoms with E-state index in [2.05, 4.69) is 24.3 Å². The van der Waals surface area contributed by atoms with Crippen molar-refractivity contribution < 1.29 is 8.42 Å². The third-order valence-electron chi connectivity index (χ3n) is 3.59. The molecular weight excluding hydrogens is 262 g/mol. The predicted molar refractivity (Wildman–Crippen MR) is 75.9 cm³/mol. The number of sulfone groups is 1. The first kappa shape index (κ1) is 14.5. The van der Waals surface area contributed by atoms with E-state index in [1.54, 1.807) is 0 Å². The second-order valence-corrected chi connectivity index (χ2v) is 7.38. The Morgan fingerprint density at radius 2 is 2.26 bits per heavy atom. The Labute approximate surface area is 115 Å². The molecule has 1 aromatic rings. The Bertz CT molecular complexity index is 522. The summed E-state index contributed by atoms with van der Waals surface area (Å²) in [6.45, 7) is 5.95. The minimum absolute atomic E-state index is 0.0296. The van der Waals surface area contributed by atoms with Crippen molar-refractivity contribution in [2.24, 2.45) is 0 Å². The van der Waals surface area contributed by atoms with Gasteiger partial charge in [0.25, 0.3) is 0 Å². The van der Waals surface area contributed by atoms with Crippen LogP contribution in [0.15, 0.2) is 6.20 Å². The van der Waals surface area contributed by atoms with Crippen LogP contribution in [0.5, 0.6) is 0 Å². The summed E-state index contributed by atoms with van der Waals surface area (Å²) < 4.78 is 25.2. The molecule has 0 aliphatic carbocycles. The van der Waals surface area contributed by atoms with Crippen molar-refractivity contribution in [2.75, 3.05) is 18.1 Å². The van der Waals surface area contributed by atoms with Crippen molar-refractivity contribution in [1.29, 1.82) is 0 Å². The Balaban J connectivity index is 2.22. The summed E-state index contributed by atoms with van der Waals surface area (Å²) in [5, 5.41) is 7.76. The molecule has 0 amide bonds. The maximum absolute atomic E-state index is 11.6. The first-order chi connectivity index (χ1) is 9.07. The quantitative estimate of drug-likeness (QED) is 0.856. The molecule has 1 fully saturated rings. The van der Waals surface area contributed by atoms with Crippen LogP contribution in [0.2, 0.25) is 0 Å². The fourth-order valence-electron chi connectivity index (χ4n) is 2.63. The van der Waals surface area contributed by atoms with E-state index in [-0.39, 0.29) is 11.8 Å². The maximum Gasteiger partial charge on any atom is 0.152 e. The van der Waals surface area contributed by atoms with E-state index in [4.69, 9.17) is 0 Å². The van der Waals surface area contributed by atoms with Crippen molar-refractivity contribution >= 4 is 9.84 Å². The van der Waals surface area contributed by atoms with Crippen LogP contribution in [0, 0.1) is 0 Å². The minimum atomic E-state index is -2.86. The van der Waals surface area contributed by atoms with E-state index in [9.17, 15) is 8.42 Å². The van der Waals surface area contributed by atoms with Crippen LogP contribution in [0.1, 0.15) is 44.0 Å². The third-order valence-corrected chi connectivity index (χ3v) is 5.34. The number of rotatable bonds is 6. The van der Waals surface area contributed by atoms with E-state index in [1.165, 1.54) is 11.3 Å². The molecule has 1 unspecified atom stereocenters. The zero-order valence-electron chi connectivity index (χ0n) is 11.7. The van der Waals surface area contributed by atoms with E-state index >= 15 is 0 Å². The van der Waals surface area contributed by atoms with Crippen LogP contribution in [0.25, 0.3) is 0 Å². The molecule has 1 aliphatic rings. The highest BCUT2D eigenvalue weighted by Gasteiger charge is 2.31. The molecular formula is C13H23N3O2S. The van der Waals surface area contributed by atoms with Gasteiger partial charge in [0, 0.05) is 17.8 Å². The number of hydrogen-bond acceptors (Lipinski definition) is 4. The number of hydrogen-bond donors (Lipinski definition) is 1. The van der Waals surface area contributed by atoms with Crippen LogP contribution < -0.4 is 5.32 Å². The van der Waals surface area contributed by atoms with Gasteiger partial charge < -0.3 is 5.32 Å². The lowest BCUT2D eigenvalue weighted by atomic mass is 10.1. The summed E-state index contributed by atoms with van der Waals surface area (Å²) in [7, 11) is -2.86. The topological polar surface area (TPSA) is 64.0 Å². The molecule has 0 saturated carbocycles. The molecule has 2 heterocycles. The Morgan fingerprint density at radius 3 is 2.84 bits per heavy atom.